The van der Waals surface area contributed by atoms with E-state index in [1.807, 2.05) is 0 Å². The maximum atomic E-state index is 11.5. The van der Waals surface area contributed by atoms with Gasteiger partial charge < -0.3 is 15.7 Å². The van der Waals surface area contributed by atoms with E-state index in [1.54, 1.807) is 20.8 Å². The highest BCUT2D eigenvalue weighted by Crippen LogP contribution is 2.09. The summed E-state index contributed by atoms with van der Waals surface area (Å²) in [6, 6.07) is -0.588. The first-order valence-corrected chi connectivity index (χ1v) is 4.98. The molecule has 3 N–H and O–H groups in total. The molecule has 0 aromatic rings. The van der Waals surface area contributed by atoms with Crippen molar-refractivity contribution in [1.82, 2.24) is 10.6 Å². The number of carbonyl (C=O) groups excluding carboxylic acids is 1. The highest BCUT2D eigenvalue weighted by Gasteiger charge is 2.33. The number of carboxylic acids is 1. The van der Waals surface area contributed by atoms with Gasteiger partial charge in [0, 0.05) is 0 Å². The molecular weight excluding hydrogens is 208 g/mol. The summed E-state index contributed by atoms with van der Waals surface area (Å²) in [5.41, 5.74) is -2.09. The summed E-state index contributed by atoms with van der Waals surface area (Å²) in [6.07, 6.45) is 5.49. The summed E-state index contributed by atoms with van der Waals surface area (Å²) in [5, 5.41) is 13.8. The molecule has 0 spiro atoms. The van der Waals surface area contributed by atoms with E-state index >= 15 is 0 Å². The van der Waals surface area contributed by atoms with Crippen LogP contribution in [0.15, 0.2) is 0 Å². The molecule has 1 unspecified atom stereocenters. The first-order valence-electron chi connectivity index (χ1n) is 4.98. The Bertz CT molecular complexity index is 331. The molecule has 1 atom stereocenters. The van der Waals surface area contributed by atoms with E-state index < -0.39 is 23.1 Å². The fourth-order valence-corrected chi connectivity index (χ4v) is 0.895. The largest absolute Gasteiger partial charge is 0.480 e. The Morgan fingerprint density at radius 1 is 1.31 bits per heavy atom. The molecule has 0 saturated heterocycles. The van der Waals surface area contributed by atoms with E-state index in [4.69, 9.17) is 11.5 Å². The Kier molecular flexibility index (Phi) is 4.36. The molecule has 0 radical (unpaired) electrons. The minimum atomic E-state index is -1.28. The molecule has 0 aliphatic carbocycles. The molecule has 2 amide bonds. The van der Waals surface area contributed by atoms with Crippen molar-refractivity contribution >= 4 is 12.0 Å². The molecule has 0 saturated carbocycles. The van der Waals surface area contributed by atoms with Crippen LogP contribution < -0.4 is 10.6 Å². The summed E-state index contributed by atoms with van der Waals surface area (Å²) in [4.78, 5) is 22.5. The Morgan fingerprint density at radius 3 is 2.12 bits per heavy atom. The summed E-state index contributed by atoms with van der Waals surface area (Å²) in [5.74, 6) is 1.31. The second-order valence-electron chi connectivity index (χ2n) is 4.34. The molecule has 5 heteroatoms. The van der Waals surface area contributed by atoms with E-state index in [2.05, 4.69) is 16.6 Å². The van der Waals surface area contributed by atoms with Crippen LogP contribution in [0.25, 0.3) is 0 Å². The van der Waals surface area contributed by atoms with Crippen molar-refractivity contribution in [3.63, 3.8) is 0 Å². The maximum Gasteiger partial charge on any atom is 0.329 e. The second-order valence-corrected chi connectivity index (χ2v) is 4.34. The van der Waals surface area contributed by atoms with Crippen molar-refractivity contribution in [2.24, 2.45) is 0 Å². The van der Waals surface area contributed by atoms with Crippen molar-refractivity contribution in [1.29, 1.82) is 0 Å². The van der Waals surface area contributed by atoms with E-state index in [0.29, 0.717) is 0 Å². The van der Waals surface area contributed by atoms with Gasteiger partial charge in [-0.2, -0.15) is 0 Å². The van der Waals surface area contributed by atoms with E-state index in [9.17, 15) is 9.59 Å². The van der Waals surface area contributed by atoms with Crippen LogP contribution in [0.5, 0.6) is 0 Å². The molecule has 0 aliphatic heterocycles. The van der Waals surface area contributed by atoms with Gasteiger partial charge in [0.2, 0.25) is 0 Å². The quantitative estimate of drug-likeness (QED) is 0.624. The average Bonchev–Trinajstić information content (AvgIpc) is 2.16. The number of aliphatic carboxylic acids is 1. The number of carboxylic acid groups (broad SMARTS) is 1. The van der Waals surface area contributed by atoms with Crippen LogP contribution in [-0.2, 0) is 4.79 Å². The summed E-state index contributed by atoms with van der Waals surface area (Å²) in [7, 11) is 0. The minimum Gasteiger partial charge on any atom is -0.480 e. The van der Waals surface area contributed by atoms with Crippen LogP contribution in [0.1, 0.15) is 34.1 Å². The molecule has 0 rings (SSSR count). The molecule has 0 bridgehead atoms. The van der Waals surface area contributed by atoms with Crippen molar-refractivity contribution in [2.45, 2.75) is 45.2 Å². The number of hydrogen-bond donors (Lipinski definition) is 3. The lowest BCUT2D eigenvalue weighted by atomic mass is 9.99. The van der Waals surface area contributed by atoms with Crippen molar-refractivity contribution in [3.8, 4) is 12.3 Å². The van der Waals surface area contributed by atoms with Crippen LogP contribution in [0.3, 0.4) is 0 Å². The monoisotopic (exact) mass is 226 g/mol. The lowest BCUT2D eigenvalue weighted by Gasteiger charge is -2.27. The van der Waals surface area contributed by atoms with Crippen LogP contribution >= 0.6 is 0 Å². The van der Waals surface area contributed by atoms with Crippen LogP contribution in [0, 0.1) is 12.3 Å². The first kappa shape index (κ1) is 14.3. The van der Waals surface area contributed by atoms with Crippen molar-refractivity contribution in [3.05, 3.63) is 0 Å². The second kappa shape index (κ2) is 4.88. The number of amides is 2. The van der Waals surface area contributed by atoms with E-state index in [-0.39, 0.29) is 6.42 Å². The van der Waals surface area contributed by atoms with Crippen LogP contribution in [0.4, 0.5) is 4.79 Å². The third-order valence-electron chi connectivity index (χ3n) is 2.36. The van der Waals surface area contributed by atoms with E-state index in [0.717, 1.165) is 0 Å². The van der Waals surface area contributed by atoms with Gasteiger partial charge in [-0.3, -0.25) is 0 Å². The van der Waals surface area contributed by atoms with Crippen molar-refractivity contribution in [2.75, 3.05) is 0 Å². The van der Waals surface area contributed by atoms with Gasteiger partial charge in [-0.25, -0.2) is 9.59 Å². The Morgan fingerprint density at radius 2 is 1.81 bits per heavy atom. The first-order chi connectivity index (χ1) is 7.17. The van der Waals surface area contributed by atoms with Gasteiger partial charge in [0.25, 0.3) is 0 Å². The van der Waals surface area contributed by atoms with Gasteiger partial charge in [0.1, 0.15) is 5.54 Å². The summed E-state index contributed by atoms with van der Waals surface area (Å²) in [6.45, 7) is 6.42. The smallest absolute Gasteiger partial charge is 0.329 e. The lowest BCUT2D eigenvalue weighted by Crippen LogP contribution is -2.58. The lowest BCUT2D eigenvalue weighted by molar-refractivity contribution is -0.143. The highest BCUT2D eigenvalue weighted by molar-refractivity contribution is 5.86. The molecule has 0 aromatic carbocycles. The van der Waals surface area contributed by atoms with Gasteiger partial charge in [0.05, 0.1) is 5.54 Å². The summed E-state index contributed by atoms with van der Waals surface area (Å²) < 4.78 is 0. The molecule has 90 valence electrons. The van der Waals surface area contributed by atoms with Gasteiger partial charge in [-0.15, -0.1) is 6.42 Å². The van der Waals surface area contributed by atoms with Gasteiger partial charge >= 0.3 is 12.0 Å². The normalized spacial score (nSPS) is 14.4. The van der Waals surface area contributed by atoms with Gasteiger partial charge in [0.15, 0.2) is 0 Å². The zero-order valence-corrected chi connectivity index (χ0v) is 10.0. The fourth-order valence-electron chi connectivity index (χ4n) is 0.895. The predicted octanol–water partition coefficient (Wildman–Crippen LogP) is 0.951. The van der Waals surface area contributed by atoms with Crippen molar-refractivity contribution < 1.29 is 14.7 Å². The predicted molar refractivity (Wildman–Crippen MR) is 60.9 cm³/mol. The molecule has 16 heavy (non-hydrogen) atoms. The Balaban J connectivity index is 4.58. The summed E-state index contributed by atoms with van der Waals surface area (Å²) >= 11 is 0. The minimum absolute atomic E-state index is 0.284. The topological polar surface area (TPSA) is 78.4 Å². The number of carbonyl (C=O) groups is 2. The third kappa shape index (κ3) is 3.81. The Hall–Kier alpha value is -1.70. The maximum absolute atomic E-state index is 11.5. The van der Waals surface area contributed by atoms with Crippen LogP contribution in [-0.4, -0.2) is 28.2 Å². The zero-order chi connectivity index (χ0) is 13.0. The number of rotatable bonds is 4. The van der Waals surface area contributed by atoms with Gasteiger partial charge in [-0.05, 0) is 27.2 Å². The standard InChI is InChI=1S/C11H18N2O3/c1-6-10(3,4)12-9(16)13-11(5,7-2)8(14)15/h1H,7H2,2-5H3,(H,14,15)(H2,12,13,16). The Labute approximate surface area is 95.6 Å². The molecule has 5 nitrogen and oxygen atoms in total. The molecule has 0 aliphatic rings. The van der Waals surface area contributed by atoms with Crippen LogP contribution in [0.2, 0.25) is 0 Å². The highest BCUT2D eigenvalue weighted by atomic mass is 16.4. The average molecular weight is 226 g/mol. The number of urea groups is 1. The molecule has 0 aromatic heterocycles. The fraction of sp³-hybridized carbons (Fsp3) is 0.636. The number of terminal acetylenes is 1. The SMILES string of the molecule is C#CC(C)(C)NC(=O)NC(C)(CC)C(=O)O. The van der Waals surface area contributed by atoms with Gasteiger partial charge in [-0.1, -0.05) is 12.8 Å². The molecule has 0 heterocycles. The van der Waals surface area contributed by atoms with E-state index in [1.165, 1.54) is 6.92 Å². The number of nitrogens with one attached hydrogen (secondary N) is 2. The number of hydrogen-bond acceptors (Lipinski definition) is 2. The third-order valence-corrected chi connectivity index (χ3v) is 2.36. The molecule has 0 fully saturated rings. The zero-order valence-electron chi connectivity index (χ0n) is 10.0. The molecular formula is C11H18N2O3.